The van der Waals surface area contributed by atoms with Crippen LogP contribution in [0.25, 0.3) is 0 Å². The molecule has 1 heterocycles. The molecule has 2 fully saturated rings. The minimum atomic E-state index is -4.01. The molecule has 3 atom stereocenters. The molecule has 0 bridgehead atoms. The Balaban J connectivity index is 1.94. The van der Waals surface area contributed by atoms with Gasteiger partial charge in [0, 0.05) is 12.1 Å². The molecular formula is C16H29F3N2. The van der Waals surface area contributed by atoms with Crippen LogP contribution in [0, 0.1) is 11.8 Å². The first-order valence-corrected chi connectivity index (χ1v) is 8.49. The Morgan fingerprint density at radius 3 is 2.24 bits per heavy atom. The van der Waals surface area contributed by atoms with Crippen molar-refractivity contribution in [3.8, 4) is 0 Å². The summed E-state index contributed by atoms with van der Waals surface area (Å²) in [5.74, 6) is -0.345. The van der Waals surface area contributed by atoms with E-state index in [2.05, 4.69) is 24.1 Å². The second-order valence-electron chi connectivity index (χ2n) is 6.67. The molecule has 1 aliphatic carbocycles. The van der Waals surface area contributed by atoms with Crippen molar-refractivity contribution < 1.29 is 13.2 Å². The van der Waals surface area contributed by atoms with E-state index in [0.29, 0.717) is 25.2 Å². The first kappa shape index (κ1) is 17.1. The molecule has 0 radical (unpaired) electrons. The first-order valence-electron chi connectivity index (χ1n) is 8.49. The summed E-state index contributed by atoms with van der Waals surface area (Å²) in [5.41, 5.74) is 0. The molecule has 1 saturated heterocycles. The molecule has 2 aliphatic rings. The topological polar surface area (TPSA) is 15.3 Å². The molecular weight excluding hydrogens is 277 g/mol. The Hall–Kier alpha value is -0.290. The molecule has 3 unspecified atom stereocenters. The Morgan fingerprint density at radius 1 is 1.05 bits per heavy atom. The van der Waals surface area contributed by atoms with Crippen molar-refractivity contribution >= 4 is 0 Å². The van der Waals surface area contributed by atoms with Gasteiger partial charge in [0.15, 0.2) is 0 Å². The van der Waals surface area contributed by atoms with Crippen molar-refractivity contribution in [3.05, 3.63) is 0 Å². The number of hydrogen-bond donors (Lipinski definition) is 1. The number of alkyl halides is 3. The van der Waals surface area contributed by atoms with Gasteiger partial charge in [-0.1, -0.05) is 20.3 Å². The molecule has 124 valence electrons. The summed E-state index contributed by atoms with van der Waals surface area (Å²) in [6.45, 7) is 6.49. The van der Waals surface area contributed by atoms with Gasteiger partial charge < -0.3 is 5.32 Å². The van der Waals surface area contributed by atoms with E-state index in [-0.39, 0.29) is 12.8 Å². The van der Waals surface area contributed by atoms with Crippen LogP contribution in [0.4, 0.5) is 13.2 Å². The largest absolute Gasteiger partial charge is 0.391 e. The molecule has 1 N–H and O–H groups in total. The third-order valence-electron chi connectivity index (χ3n) is 5.43. The molecule has 0 spiro atoms. The second kappa shape index (κ2) is 7.32. The number of nitrogens with zero attached hydrogens (tertiary/aromatic N) is 1. The zero-order valence-electron chi connectivity index (χ0n) is 13.3. The van der Waals surface area contributed by atoms with Crippen LogP contribution < -0.4 is 5.32 Å². The molecule has 5 heteroatoms. The fourth-order valence-corrected chi connectivity index (χ4v) is 4.06. The summed E-state index contributed by atoms with van der Waals surface area (Å²) in [6, 6.07) is 0.887. The molecule has 0 amide bonds. The van der Waals surface area contributed by atoms with Crippen molar-refractivity contribution in [2.24, 2.45) is 11.8 Å². The lowest BCUT2D eigenvalue weighted by atomic mass is 9.79. The van der Waals surface area contributed by atoms with Gasteiger partial charge in [-0.05, 0) is 57.7 Å². The summed E-state index contributed by atoms with van der Waals surface area (Å²) in [4.78, 5) is 2.33. The first-order chi connectivity index (χ1) is 9.95. The normalized spacial score (nSPS) is 33.3. The lowest BCUT2D eigenvalue weighted by Crippen LogP contribution is -2.55. The maximum absolute atomic E-state index is 12.8. The van der Waals surface area contributed by atoms with Crippen molar-refractivity contribution in [2.75, 3.05) is 19.6 Å². The Kier molecular flexibility index (Phi) is 5.95. The number of hydrogen-bond acceptors (Lipinski definition) is 2. The summed E-state index contributed by atoms with van der Waals surface area (Å²) >= 11 is 0. The van der Waals surface area contributed by atoms with E-state index in [4.69, 9.17) is 0 Å². The minimum absolute atomic E-state index is 0.273. The Bertz CT molecular complexity index is 311. The smallest absolute Gasteiger partial charge is 0.313 e. The highest BCUT2D eigenvalue weighted by Crippen LogP contribution is 2.37. The SMILES string of the molecule is CCNC1CCC(CC)CC1N1CCC(C(F)(F)F)CC1. The van der Waals surface area contributed by atoms with Gasteiger partial charge >= 0.3 is 6.18 Å². The lowest BCUT2D eigenvalue weighted by molar-refractivity contribution is -0.186. The molecule has 21 heavy (non-hydrogen) atoms. The lowest BCUT2D eigenvalue weighted by Gasteiger charge is -2.45. The van der Waals surface area contributed by atoms with Gasteiger partial charge in [-0.2, -0.15) is 13.2 Å². The number of halogens is 3. The monoisotopic (exact) mass is 306 g/mol. The average molecular weight is 306 g/mol. The number of rotatable bonds is 4. The maximum Gasteiger partial charge on any atom is 0.391 e. The van der Waals surface area contributed by atoms with Crippen LogP contribution in [0.3, 0.4) is 0 Å². The van der Waals surface area contributed by atoms with Crippen molar-refractivity contribution in [2.45, 2.75) is 70.6 Å². The van der Waals surface area contributed by atoms with Crippen molar-refractivity contribution in [3.63, 3.8) is 0 Å². The van der Waals surface area contributed by atoms with Gasteiger partial charge in [0.25, 0.3) is 0 Å². The summed E-state index contributed by atoms with van der Waals surface area (Å²) in [6.07, 6.45) is 1.29. The van der Waals surface area contributed by atoms with E-state index in [1.165, 1.54) is 12.8 Å². The highest BCUT2D eigenvalue weighted by Gasteiger charge is 2.43. The van der Waals surface area contributed by atoms with Crippen molar-refractivity contribution in [1.82, 2.24) is 10.2 Å². The van der Waals surface area contributed by atoms with E-state index in [9.17, 15) is 13.2 Å². The third kappa shape index (κ3) is 4.35. The second-order valence-corrected chi connectivity index (χ2v) is 6.67. The highest BCUT2D eigenvalue weighted by atomic mass is 19.4. The van der Waals surface area contributed by atoms with Crippen molar-refractivity contribution in [1.29, 1.82) is 0 Å². The van der Waals surface area contributed by atoms with Gasteiger partial charge in [0.2, 0.25) is 0 Å². The Morgan fingerprint density at radius 2 is 1.71 bits per heavy atom. The van der Waals surface area contributed by atoms with Crippen LogP contribution >= 0.6 is 0 Å². The molecule has 2 nitrogen and oxygen atoms in total. The molecule has 2 rings (SSSR count). The number of piperidine rings is 1. The number of nitrogens with one attached hydrogen (secondary N) is 1. The zero-order valence-corrected chi connectivity index (χ0v) is 13.3. The van der Waals surface area contributed by atoms with Crippen LogP contribution in [0.1, 0.15) is 52.4 Å². The molecule has 0 aromatic rings. The predicted molar refractivity (Wildman–Crippen MR) is 79.2 cm³/mol. The van der Waals surface area contributed by atoms with Crippen LogP contribution in [0.2, 0.25) is 0 Å². The summed E-state index contributed by atoms with van der Waals surface area (Å²) in [7, 11) is 0. The van der Waals surface area contributed by atoms with E-state index in [1.807, 2.05) is 0 Å². The molecule has 0 aromatic heterocycles. The number of likely N-dealkylation sites (N-methyl/N-ethyl adjacent to an activating group) is 1. The van der Waals surface area contributed by atoms with Gasteiger partial charge in [-0.15, -0.1) is 0 Å². The van der Waals surface area contributed by atoms with Crippen LogP contribution in [-0.4, -0.2) is 42.8 Å². The molecule has 1 saturated carbocycles. The van der Waals surface area contributed by atoms with E-state index in [0.717, 1.165) is 25.3 Å². The van der Waals surface area contributed by atoms with Crippen LogP contribution in [0.15, 0.2) is 0 Å². The molecule has 1 aliphatic heterocycles. The van der Waals surface area contributed by atoms with Gasteiger partial charge in [0.05, 0.1) is 5.92 Å². The van der Waals surface area contributed by atoms with E-state index in [1.54, 1.807) is 0 Å². The maximum atomic E-state index is 12.8. The van der Waals surface area contributed by atoms with Gasteiger partial charge in [0.1, 0.15) is 0 Å². The summed E-state index contributed by atoms with van der Waals surface area (Å²) < 4.78 is 38.4. The Labute approximate surface area is 126 Å². The summed E-state index contributed by atoms with van der Waals surface area (Å²) in [5, 5.41) is 3.55. The zero-order chi connectivity index (χ0) is 15.5. The van der Waals surface area contributed by atoms with E-state index < -0.39 is 12.1 Å². The van der Waals surface area contributed by atoms with Crippen LogP contribution in [-0.2, 0) is 0 Å². The highest BCUT2D eigenvalue weighted by molar-refractivity contribution is 4.93. The molecule has 0 aromatic carbocycles. The van der Waals surface area contributed by atoms with Crippen LogP contribution in [0.5, 0.6) is 0 Å². The van der Waals surface area contributed by atoms with Gasteiger partial charge in [-0.3, -0.25) is 4.90 Å². The average Bonchev–Trinajstić information content (AvgIpc) is 2.47. The fourth-order valence-electron chi connectivity index (χ4n) is 4.06. The standard InChI is InChI=1S/C16H29F3N2/c1-3-12-5-6-14(20-4-2)15(11-12)21-9-7-13(8-10-21)16(17,18)19/h12-15,20H,3-11H2,1-2H3. The third-order valence-corrected chi connectivity index (χ3v) is 5.43. The number of likely N-dealkylation sites (tertiary alicyclic amines) is 1. The van der Waals surface area contributed by atoms with Gasteiger partial charge in [-0.25, -0.2) is 0 Å². The quantitative estimate of drug-likeness (QED) is 0.849. The van der Waals surface area contributed by atoms with E-state index >= 15 is 0 Å². The predicted octanol–water partition coefficient (Wildman–Crippen LogP) is 3.82. The fraction of sp³-hybridized carbons (Fsp3) is 1.00. The minimum Gasteiger partial charge on any atom is -0.313 e.